The first-order valence-electron chi connectivity index (χ1n) is 5.30. The number of nitrogens with zero attached hydrogens (tertiary/aromatic N) is 1. The van der Waals surface area contributed by atoms with E-state index in [0.717, 1.165) is 19.1 Å². The predicted octanol–water partition coefficient (Wildman–Crippen LogP) is 0.0932. The number of anilines is 1. The third kappa shape index (κ3) is 3.10. The Morgan fingerprint density at radius 3 is 2.72 bits per heavy atom. The van der Waals surface area contributed by atoms with Gasteiger partial charge in [-0.05, 0) is 18.9 Å². The monoisotopic (exact) mass is 271 g/mol. The van der Waals surface area contributed by atoms with Crippen LogP contribution in [0.15, 0.2) is 12.3 Å². The summed E-state index contributed by atoms with van der Waals surface area (Å²) in [5.74, 6) is -0.640. The molecule has 2 rings (SSSR count). The van der Waals surface area contributed by atoms with Crippen LogP contribution in [0.25, 0.3) is 0 Å². The smallest absolute Gasteiger partial charge is 0.256 e. The fourth-order valence-corrected chi connectivity index (χ4v) is 1.90. The molecule has 1 aromatic heterocycles. The normalized spacial score (nSPS) is 15.2. The van der Waals surface area contributed by atoms with Crippen LogP contribution in [0.4, 0.5) is 5.82 Å². The van der Waals surface area contributed by atoms with Gasteiger partial charge >= 0.3 is 0 Å². The van der Waals surface area contributed by atoms with Crippen molar-refractivity contribution in [2.45, 2.75) is 18.9 Å². The molecule has 0 aliphatic heterocycles. The number of ether oxygens (including phenoxy) is 1. The van der Waals surface area contributed by atoms with Crippen molar-refractivity contribution in [3.8, 4) is 5.75 Å². The molecule has 1 amide bonds. The summed E-state index contributed by atoms with van der Waals surface area (Å²) >= 11 is 0. The Hall–Kier alpha value is -1.83. The molecule has 1 heterocycles. The van der Waals surface area contributed by atoms with Crippen LogP contribution in [0.5, 0.6) is 5.75 Å². The third-order valence-corrected chi connectivity index (χ3v) is 2.82. The number of rotatable bonds is 5. The highest BCUT2D eigenvalue weighted by atomic mass is 32.2. The lowest BCUT2D eigenvalue weighted by atomic mass is 10.2. The molecule has 1 aliphatic carbocycles. The van der Waals surface area contributed by atoms with Gasteiger partial charge < -0.3 is 10.5 Å². The number of carbonyl (C=O) groups excluding carboxylic acids is 1. The van der Waals surface area contributed by atoms with Gasteiger partial charge in [0.2, 0.25) is 10.0 Å². The molecule has 18 heavy (non-hydrogen) atoms. The van der Waals surface area contributed by atoms with E-state index in [1.807, 2.05) is 0 Å². The largest absolute Gasteiger partial charge is 0.489 e. The van der Waals surface area contributed by atoms with E-state index in [9.17, 15) is 13.2 Å². The number of amides is 1. The third-order valence-electron chi connectivity index (χ3n) is 2.26. The van der Waals surface area contributed by atoms with Gasteiger partial charge in [-0.3, -0.25) is 9.52 Å². The average Bonchev–Trinajstić information content (AvgIpc) is 2.98. The quantitative estimate of drug-likeness (QED) is 0.788. The van der Waals surface area contributed by atoms with Gasteiger partial charge in [0.05, 0.1) is 12.4 Å². The van der Waals surface area contributed by atoms with Gasteiger partial charge in [0.25, 0.3) is 5.91 Å². The molecular weight excluding hydrogens is 258 g/mol. The highest BCUT2D eigenvalue weighted by Crippen LogP contribution is 2.31. The zero-order chi connectivity index (χ0) is 13.3. The average molecular weight is 271 g/mol. The van der Waals surface area contributed by atoms with Crippen LogP contribution in [-0.4, -0.2) is 31.7 Å². The van der Waals surface area contributed by atoms with E-state index in [-0.39, 0.29) is 23.2 Å². The zero-order valence-corrected chi connectivity index (χ0v) is 10.5. The van der Waals surface area contributed by atoms with Gasteiger partial charge in [-0.25, -0.2) is 13.4 Å². The molecule has 0 bridgehead atoms. The molecule has 7 nitrogen and oxygen atoms in total. The van der Waals surface area contributed by atoms with Crippen LogP contribution in [0.3, 0.4) is 0 Å². The minimum atomic E-state index is -3.54. The molecule has 98 valence electrons. The Morgan fingerprint density at radius 2 is 2.22 bits per heavy atom. The number of nitrogens with one attached hydrogen (secondary N) is 1. The number of nitrogens with two attached hydrogens (primary N) is 1. The summed E-state index contributed by atoms with van der Waals surface area (Å²) in [7, 11) is -3.54. The molecule has 8 heteroatoms. The van der Waals surface area contributed by atoms with Crippen molar-refractivity contribution in [3.05, 3.63) is 17.8 Å². The Kier molecular flexibility index (Phi) is 3.12. The molecule has 1 aromatic rings. The number of hydrogen-bond acceptors (Lipinski definition) is 5. The molecule has 0 spiro atoms. The number of carbonyl (C=O) groups is 1. The second-order valence-corrected chi connectivity index (χ2v) is 5.84. The summed E-state index contributed by atoms with van der Waals surface area (Å²) in [5, 5.41) is 0. The van der Waals surface area contributed by atoms with Crippen molar-refractivity contribution in [3.63, 3.8) is 0 Å². The molecule has 1 aliphatic rings. The van der Waals surface area contributed by atoms with E-state index in [2.05, 4.69) is 9.71 Å². The summed E-state index contributed by atoms with van der Waals surface area (Å²) in [6, 6.07) is 1.49. The van der Waals surface area contributed by atoms with Gasteiger partial charge in [0.15, 0.2) is 5.82 Å². The van der Waals surface area contributed by atoms with E-state index >= 15 is 0 Å². The second kappa shape index (κ2) is 4.45. The number of primary amides is 1. The molecule has 3 N–H and O–H groups in total. The molecule has 0 unspecified atom stereocenters. The maximum absolute atomic E-state index is 11.4. The van der Waals surface area contributed by atoms with Crippen LogP contribution in [-0.2, 0) is 10.0 Å². The Morgan fingerprint density at radius 1 is 1.56 bits per heavy atom. The maximum atomic E-state index is 11.4. The minimum Gasteiger partial charge on any atom is -0.489 e. The minimum absolute atomic E-state index is 0.0465. The topological polar surface area (TPSA) is 111 Å². The van der Waals surface area contributed by atoms with Crippen molar-refractivity contribution < 1.29 is 17.9 Å². The molecule has 0 saturated heterocycles. The fourth-order valence-electron chi connectivity index (χ4n) is 1.40. The van der Waals surface area contributed by atoms with E-state index in [4.69, 9.17) is 10.5 Å². The summed E-state index contributed by atoms with van der Waals surface area (Å²) < 4.78 is 30.0. The molecule has 0 aromatic carbocycles. The van der Waals surface area contributed by atoms with Gasteiger partial charge in [0, 0.05) is 6.20 Å². The van der Waals surface area contributed by atoms with Crippen LogP contribution in [0, 0.1) is 0 Å². The van der Waals surface area contributed by atoms with E-state index < -0.39 is 15.9 Å². The maximum Gasteiger partial charge on any atom is 0.256 e. The van der Waals surface area contributed by atoms with Crippen LogP contribution < -0.4 is 15.2 Å². The van der Waals surface area contributed by atoms with Crippen molar-refractivity contribution in [2.75, 3.05) is 11.0 Å². The van der Waals surface area contributed by atoms with Gasteiger partial charge in [-0.2, -0.15) is 0 Å². The van der Waals surface area contributed by atoms with Crippen molar-refractivity contribution in [1.82, 2.24) is 4.98 Å². The summed E-state index contributed by atoms with van der Waals surface area (Å²) in [4.78, 5) is 15.2. The lowest BCUT2D eigenvalue weighted by Gasteiger charge is -2.12. The highest BCUT2D eigenvalue weighted by molar-refractivity contribution is 7.92. The SMILES string of the molecule is CS(=O)(=O)Nc1nccc(OC2CC2)c1C(N)=O. The molecule has 0 radical (unpaired) electrons. The predicted molar refractivity (Wildman–Crippen MR) is 64.9 cm³/mol. The first kappa shape index (κ1) is 12.6. The molecule has 1 saturated carbocycles. The van der Waals surface area contributed by atoms with Crippen LogP contribution >= 0.6 is 0 Å². The van der Waals surface area contributed by atoms with Crippen LogP contribution in [0.1, 0.15) is 23.2 Å². The Bertz CT molecular complexity index is 581. The molecule has 1 fully saturated rings. The number of sulfonamides is 1. The lowest BCUT2D eigenvalue weighted by Crippen LogP contribution is -2.20. The first-order valence-corrected chi connectivity index (χ1v) is 7.19. The van der Waals surface area contributed by atoms with E-state index in [1.165, 1.54) is 12.3 Å². The second-order valence-electron chi connectivity index (χ2n) is 4.09. The lowest BCUT2D eigenvalue weighted by molar-refractivity contribution is 0.0996. The van der Waals surface area contributed by atoms with Gasteiger partial charge in [0.1, 0.15) is 11.3 Å². The summed E-state index contributed by atoms with van der Waals surface area (Å²) in [6.45, 7) is 0. The summed E-state index contributed by atoms with van der Waals surface area (Å²) in [5.41, 5.74) is 5.19. The van der Waals surface area contributed by atoms with Crippen molar-refractivity contribution in [1.29, 1.82) is 0 Å². The zero-order valence-electron chi connectivity index (χ0n) is 9.71. The Labute approximate surface area is 104 Å². The van der Waals surface area contributed by atoms with Crippen molar-refractivity contribution in [2.24, 2.45) is 5.73 Å². The number of aromatic nitrogens is 1. The van der Waals surface area contributed by atoms with Gasteiger partial charge in [-0.15, -0.1) is 0 Å². The van der Waals surface area contributed by atoms with E-state index in [0.29, 0.717) is 0 Å². The van der Waals surface area contributed by atoms with Crippen LogP contribution in [0.2, 0.25) is 0 Å². The molecular formula is C10H13N3O4S. The van der Waals surface area contributed by atoms with Gasteiger partial charge in [-0.1, -0.05) is 0 Å². The highest BCUT2D eigenvalue weighted by Gasteiger charge is 2.27. The van der Waals surface area contributed by atoms with Crippen molar-refractivity contribution >= 4 is 21.7 Å². The number of pyridine rings is 1. The number of hydrogen-bond donors (Lipinski definition) is 2. The fraction of sp³-hybridized carbons (Fsp3) is 0.400. The standard InChI is InChI=1S/C10H13N3O4S/c1-18(15,16)13-10-8(9(11)14)7(4-5-12-10)17-6-2-3-6/h4-6H,2-3H2,1H3,(H2,11,14)(H,12,13). The first-order chi connectivity index (χ1) is 8.37. The Balaban J connectivity index is 2.41. The molecule has 0 atom stereocenters. The summed E-state index contributed by atoms with van der Waals surface area (Å²) in [6.07, 6.45) is 4.22. The van der Waals surface area contributed by atoms with E-state index in [1.54, 1.807) is 0 Å².